The van der Waals surface area contributed by atoms with Crippen LogP contribution in [-0.2, 0) is 20.1 Å². The number of benzene rings is 2. The van der Waals surface area contributed by atoms with Gasteiger partial charge in [-0.1, -0.05) is 29.8 Å². The largest absolute Gasteiger partial charge is 0.332 e. The third-order valence-corrected chi connectivity index (χ3v) is 6.11. The van der Waals surface area contributed by atoms with Crippen LogP contribution in [0, 0.1) is 19.7 Å². The van der Waals surface area contributed by atoms with E-state index in [1.54, 1.807) is 19.2 Å². The van der Waals surface area contributed by atoms with E-state index in [1.165, 1.54) is 26.8 Å². The van der Waals surface area contributed by atoms with Crippen molar-refractivity contribution in [2.75, 3.05) is 11.4 Å². The average molecular weight is 433 g/mol. The smallest absolute Gasteiger partial charge is 0.312 e. The number of aromatic nitrogens is 4. The molecule has 7 nitrogen and oxygen atoms in total. The highest BCUT2D eigenvalue weighted by molar-refractivity contribution is 5.77. The molecule has 0 unspecified atom stereocenters. The third-order valence-electron chi connectivity index (χ3n) is 6.11. The molecule has 0 bridgehead atoms. The van der Waals surface area contributed by atoms with E-state index in [9.17, 15) is 14.0 Å². The Kier molecular flexibility index (Phi) is 4.73. The van der Waals surface area contributed by atoms with E-state index in [2.05, 4.69) is 36.9 Å². The fourth-order valence-corrected chi connectivity index (χ4v) is 4.51. The van der Waals surface area contributed by atoms with Gasteiger partial charge < -0.3 is 9.47 Å². The summed E-state index contributed by atoms with van der Waals surface area (Å²) in [6.07, 6.45) is 0.853. The van der Waals surface area contributed by atoms with Crippen LogP contribution in [0.25, 0.3) is 11.2 Å². The minimum atomic E-state index is -0.444. The molecule has 32 heavy (non-hydrogen) atoms. The SMILES string of the molecule is Cc1ccc(N2CCCn3c2nc2c3c(=O)n(Cc3ccc(F)cc3)c(=O)n2C)c(C)c1. The van der Waals surface area contributed by atoms with Gasteiger partial charge in [-0.05, 0) is 49.6 Å². The average Bonchev–Trinajstić information content (AvgIpc) is 3.17. The molecule has 8 heteroatoms. The van der Waals surface area contributed by atoms with Gasteiger partial charge in [0.2, 0.25) is 5.95 Å². The van der Waals surface area contributed by atoms with E-state index in [0.29, 0.717) is 29.2 Å². The first-order valence-corrected chi connectivity index (χ1v) is 10.6. The van der Waals surface area contributed by atoms with Gasteiger partial charge in [0, 0.05) is 25.8 Å². The van der Waals surface area contributed by atoms with Gasteiger partial charge in [0.25, 0.3) is 5.56 Å². The summed E-state index contributed by atoms with van der Waals surface area (Å²) >= 11 is 0. The van der Waals surface area contributed by atoms with E-state index < -0.39 is 5.69 Å². The van der Waals surface area contributed by atoms with Crippen LogP contribution in [0.15, 0.2) is 52.1 Å². The summed E-state index contributed by atoms with van der Waals surface area (Å²) in [7, 11) is 1.63. The Bertz CT molecular complexity index is 1460. The topological polar surface area (TPSA) is 65.1 Å². The lowest BCUT2D eigenvalue weighted by atomic mass is 10.1. The molecule has 0 atom stereocenters. The van der Waals surface area contributed by atoms with Crippen molar-refractivity contribution >= 4 is 22.8 Å². The zero-order valence-corrected chi connectivity index (χ0v) is 18.3. The third kappa shape index (κ3) is 3.14. The van der Waals surface area contributed by atoms with E-state index in [4.69, 9.17) is 4.98 Å². The van der Waals surface area contributed by atoms with Crippen molar-refractivity contribution in [1.82, 2.24) is 18.7 Å². The normalized spacial score (nSPS) is 13.6. The summed E-state index contributed by atoms with van der Waals surface area (Å²) in [5.74, 6) is 0.311. The van der Waals surface area contributed by atoms with Gasteiger partial charge in [0.05, 0.1) is 6.54 Å². The second kappa shape index (κ2) is 7.47. The number of halogens is 1. The van der Waals surface area contributed by atoms with Crippen LogP contribution in [0.5, 0.6) is 0 Å². The summed E-state index contributed by atoms with van der Waals surface area (Å²) in [5.41, 5.74) is 4.01. The molecule has 0 radical (unpaired) electrons. The van der Waals surface area contributed by atoms with Gasteiger partial charge >= 0.3 is 5.69 Å². The summed E-state index contributed by atoms with van der Waals surface area (Å²) < 4.78 is 17.8. The molecule has 2 aromatic heterocycles. The lowest BCUT2D eigenvalue weighted by Crippen LogP contribution is -2.40. The Morgan fingerprint density at radius 3 is 2.50 bits per heavy atom. The van der Waals surface area contributed by atoms with Crippen molar-refractivity contribution in [2.24, 2.45) is 7.05 Å². The van der Waals surface area contributed by atoms with Gasteiger partial charge in [-0.2, -0.15) is 4.98 Å². The maximum atomic E-state index is 13.5. The number of hydrogen-bond donors (Lipinski definition) is 0. The van der Waals surface area contributed by atoms with Gasteiger partial charge in [0.15, 0.2) is 11.2 Å². The van der Waals surface area contributed by atoms with Crippen molar-refractivity contribution in [3.05, 3.63) is 85.8 Å². The van der Waals surface area contributed by atoms with Crippen LogP contribution in [0.2, 0.25) is 0 Å². The lowest BCUT2D eigenvalue weighted by Gasteiger charge is -2.30. The molecule has 0 spiro atoms. The van der Waals surface area contributed by atoms with Crippen LogP contribution in [0.1, 0.15) is 23.1 Å². The van der Waals surface area contributed by atoms with Crippen LogP contribution in [0.3, 0.4) is 0 Å². The van der Waals surface area contributed by atoms with Crippen LogP contribution in [-0.4, -0.2) is 25.2 Å². The highest BCUT2D eigenvalue weighted by Crippen LogP contribution is 2.33. The second-order valence-corrected chi connectivity index (χ2v) is 8.39. The predicted molar refractivity (Wildman–Crippen MR) is 122 cm³/mol. The number of aryl methyl sites for hydroxylation is 4. The molecule has 5 rings (SSSR count). The molecule has 0 saturated heterocycles. The Morgan fingerprint density at radius 1 is 1.03 bits per heavy atom. The second-order valence-electron chi connectivity index (χ2n) is 8.39. The zero-order chi connectivity index (χ0) is 22.6. The maximum Gasteiger partial charge on any atom is 0.332 e. The van der Waals surface area contributed by atoms with Gasteiger partial charge in [-0.3, -0.25) is 13.9 Å². The molecular weight excluding hydrogens is 409 g/mol. The standard InChI is InChI=1S/C24H24FN5O2/c1-15-5-10-19(16(2)13-15)28-11-4-12-29-20-21(26-23(28)29)27(3)24(32)30(22(20)31)14-17-6-8-18(25)9-7-17/h5-10,13H,4,11-12,14H2,1-3H3. The molecule has 1 aliphatic rings. The monoisotopic (exact) mass is 433 g/mol. The number of anilines is 2. The van der Waals surface area contributed by atoms with Crippen LogP contribution < -0.4 is 16.1 Å². The first-order chi connectivity index (χ1) is 15.3. The van der Waals surface area contributed by atoms with E-state index in [1.807, 2.05) is 4.57 Å². The van der Waals surface area contributed by atoms with Crippen molar-refractivity contribution in [2.45, 2.75) is 33.4 Å². The molecule has 0 aliphatic carbocycles. The molecule has 0 N–H and O–H groups in total. The first kappa shape index (κ1) is 20.2. The summed E-state index contributed by atoms with van der Waals surface area (Å²) in [6.45, 7) is 5.63. The molecule has 1 aliphatic heterocycles. The Labute approximate surface area is 184 Å². The molecule has 4 aromatic rings. The summed E-state index contributed by atoms with van der Waals surface area (Å²) in [6, 6.07) is 12.1. The van der Waals surface area contributed by atoms with Gasteiger partial charge in [0.1, 0.15) is 5.82 Å². The minimum Gasteiger partial charge on any atom is -0.312 e. The Hall–Kier alpha value is -3.68. The number of fused-ring (bicyclic) bond motifs is 3. The molecule has 0 saturated carbocycles. The fourth-order valence-electron chi connectivity index (χ4n) is 4.51. The van der Waals surface area contributed by atoms with Gasteiger partial charge in [-0.25, -0.2) is 9.18 Å². The zero-order valence-electron chi connectivity index (χ0n) is 18.3. The quantitative estimate of drug-likeness (QED) is 0.498. The van der Waals surface area contributed by atoms with E-state index in [-0.39, 0.29) is 17.9 Å². The number of nitrogens with zero attached hydrogens (tertiary/aromatic N) is 5. The van der Waals surface area contributed by atoms with Crippen molar-refractivity contribution < 1.29 is 4.39 Å². The summed E-state index contributed by atoms with van der Waals surface area (Å²) in [4.78, 5) is 33.3. The molecule has 0 amide bonds. The van der Waals surface area contributed by atoms with Crippen molar-refractivity contribution in [1.29, 1.82) is 0 Å². The summed E-state index contributed by atoms with van der Waals surface area (Å²) in [5, 5.41) is 0. The molecule has 2 aromatic carbocycles. The Morgan fingerprint density at radius 2 is 1.78 bits per heavy atom. The van der Waals surface area contributed by atoms with Crippen molar-refractivity contribution in [3.63, 3.8) is 0 Å². The number of hydrogen-bond acceptors (Lipinski definition) is 4. The molecule has 3 heterocycles. The number of rotatable bonds is 3. The molecule has 0 fully saturated rings. The fraction of sp³-hybridized carbons (Fsp3) is 0.292. The van der Waals surface area contributed by atoms with Crippen LogP contribution in [0.4, 0.5) is 16.0 Å². The van der Waals surface area contributed by atoms with Crippen molar-refractivity contribution in [3.8, 4) is 0 Å². The lowest BCUT2D eigenvalue weighted by molar-refractivity contribution is 0.596. The highest BCUT2D eigenvalue weighted by Gasteiger charge is 2.27. The highest BCUT2D eigenvalue weighted by atomic mass is 19.1. The predicted octanol–water partition coefficient (Wildman–Crippen LogP) is 3.24. The minimum absolute atomic E-state index is 0.0724. The molecular formula is C24H24FN5O2. The van der Waals surface area contributed by atoms with Gasteiger partial charge in [-0.15, -0.1) is 0 Å². The molecule has 164 valence electrons. The Balaban J connectivity index is 1.70. The van der Waals surface area contributed by atoms with Crippen LogP contribution >= 0.6 is 0 Å². The number of imidazole rings is 1. The van der Waals surface area contributed by atoms with E-state index in [0.717, 1.165) is 24.2 Å². The first-order valence-electron chi connectivity index (χ1n) is 10.6. The van der Waals surface area contributed by atoms with E-state index >= 15 is 0 Å². The maximum absolute atomic E-state index is 13.5.